The minimum absolute atomic E-state index is 0.0150. The highest BCUT2D eigenvalue weighted by atomic mass is 32.2. The summed E-state index contributed by atoms with van der Waals surface area (Å²) in [5, 5.41) is 0. The van der Waals surface area contributed by atoms with E-state index in [0.717, 1.165) is 0 Å². The predicted molar refractivity (Wildman–Crippen MR) is 56.7 cm³/mol. The summed E-state index contributed by atoms with van der Waals surface area (Å²) >= 11 is 5.79. The van der Waals surface area contributed by atoms with Crippen LogP contribution >= 0.6 is 24.4 Å². The molecule has 0 aliphatic heterocycles. The van der Waals surface area contributed by atoms with Crippen LogP contribution in [0, 0.1) is 0 Å². The van der Waals surface area contributed by atoms with Gasteiger partial charge < -0.3 is 4.74 Å². The lowest BCUT2D eigenvalue weighted by molar-refractivity contribution is 0.174. The fourth-order valence-electron chi connectivity index (χ4n) is 0.717. The first kappa shape index (κ1) is 9.96. The van der Waals surface area contributed by atoms with Crippen LogP contribution < -0.4 is 0 Å². The van der Waals surface area contributed by atoms with E-state index in [0.29, 0.717) is 5.94 Å². The molecule has 0 N–H and O–H groups in total. The maximum Gasteiger partial charge on any atom is 0.0982 e. The highest BCUT2D eigenvalue weighted by Gasteiger charge is 1.94. The molecule has 1 unspecified atom stereocenters. The van der Waals surface area contributed by atoms with E-state index in [4.69, 9.17) is 4.74 Å². The van der Waals surface area contributed by atoms with Crippen molar-refractivity contribution >= 4 is 24.4 Å². The lowest BCUT2D eigenvalue weighted by Crippen LogP contribution is -1.97. The molecular weight excluding hydrogens is 188 g/mol. The van der Waals surface area contributed by atoms with Gasteiger partial charge in [0, 0.05) is 4.90 Å². The maximum atomic E-state index is 5.27. The third-order valence-electron chi connectivity index (χ3n) is 1.28. The van der Waals surface area contributed by atoms with Gasteiger partial charge in [0.15, 0.2) is 0 Å². The van der Waals surface area contributed by atoms with Gasteiger partial charge in [-0.2, -0.15) is 0 Å². The van der Waals surface area contributed by atoms with Gasteiger partial charge >= 0.3 is 0 Å². The molecule has 0 fully saturated rings. The average molecular weight is 200 g/mol. The molecule has 0 aliphatic carbocycles. The number of rotatable bonds is 4. The van der Waals surface area contributed by atoms with Gasteiger partial charge in [-0.05, 0) is 19.1 Å². The summed E-state index contributed by atoms with van der Waals surface area (Å²) in [5.41, 5.74) is 0.0150. The molecule has 1 atom stereocenters. The van der Waals surface area contributed by atoms with E-state index in [9.17, 15) is 0 Å². The third-order valence-corrected chi connectivity index (χ3v) is 2.29. The van der Waals surface area contributed by atoms with Gasteiger partial charge in [-0.1, -0.05) is 30.0 Å². The number of hydrogen-bond donors (Lipinski definition) is 1. The van der Waals surface area contributed by atoms with Crippen LogP contribution in [0.5, 0.6) is 0 Å². The van der Waals surface area contributed by atoms with Crippen molar-refractivity contribution in [1.82, 2.24) is 0 Å². The van der Waals surface area contributed by atoms with Gasteiger partial charge in [0.05, 0.1) is 11.4 Å². The summed E-state index contributed by atoms with van der Waals surface area (Å²) in [5.74, 6) is 0.661. The molecule has 1 rings (SSSR count). The van der Waals surface area contributed by atoms with Crippen LogP contribution in [0.1, 0.15) is 6.92 Å². The number of benzene rings is 1. The Balaban J connectivity index is 2.25. The zero-order valence-electron chi connectivity index (χ0n) is 6.93. The molecule has 1 nitrogen and oxygen atoms in total. The zero-order chi connectivity index (χ0) is 8.81. The Morgan fingerprint density at radius 3 is 2.67 bits per heavy atom. The molecule has 0 saturated carbocycles. The summed E-state index contributed by atoms with van der Waals surface area (Å²) in [6.45, 7) is 1.91. The van der Waals surface area contributed by atoms with Crippen molar-refractivity contribution in [3.05, 3.63) is 30.3 Å². The Hall–Kier alpha value is -0.120. The minimum atomic E-state index is 0.0150. The second kappa shape index (κ2) is 5.51. The molecule has 1 aromatic rings. The minimum Gasteiger partial charge on any atom is -0.357 e. The van der Waals surface area contributed by atoms with E-state index < -0.39 is 0 Å². The number of thioether (sulfide) groups is 1. The van der Waals surface area contributed by atoms with E-state index in [-0.39, 0.29) is 5.44 Å². The summed E-state index contributed by atoms with van der Waals surface area (Å²) < 4.78 is 5.27. The predicted octanol–water partition coefficient (Wildman–Crippen LogP) is 3.03. The van der Waals surface area contributed by atoms with Crippen LogP contribution in [0.15, 0.2) is 35.2 Å². The van der Waals surface area contributed by atoms with Gasteiger partial charge in [-0.25, -0.2) is 0 Å². The fourth-order valence-corrected chi connectivity index (χ4v) is 1.65. The first-order valence-electron chi connectivity index (χ1n) is 3.76. The molecule has 0 aliphatic rings. The molecule has 0 saturated heterocycles. The molecule has 0 aromatic heterocycles. The van der Waals surface area contributed by atoms with Crippen LogP contribution in [-0.4, -0.2) is 11.4 Å². The quantitative estimate of drug-likeness (QED) is 0.454. The molecular formula is C9H12OS2. The molecule has 1 aromatic carbocycles. The Morgan fingerprint density at radius 1 is 1.42 bits per heavy atom. The first-order valence-corrected chi connectivity index (χ1v) is 5.27. The molecule has 66 valence electrons. The van der Waals surface area contributed by atoms with E-state index >= 15 is 0 Å². The van der Waals surface area contributed by atoms with E-state index in [1.54, 1.807) is 11.8 Å². The Morgan fingerprint density at radius 2 is 2.08 bits per heavy atom. The van der Waals surface area contributed by atoms with Crippen molar-refractivity contribution in [2.75, 3.05) is 5.94 Å². The number of thiol groups is 1. The van der Waals surface area contributed by atoms with Crippen molar-refractivity contribution in [3.63, 3.8) is 0 Å². The molecule has 0 spiro atoms. The van der Waals surface area contributed by atoms with Gasteiger partial charge in [0.2, 0.25) is 0 Å². The smallest absolute Gasteiger partial charge is 0.0982 e. The molecule has 0 radical (unpaired) electrons. The molecule has 3 heteroatoms. The largest absolute Gasteiger partial charge is 0.357 e. The lowest BCUT2D eigenvalue weighted by Gasteiger charge is -2.05. The maximum absolute atomic E-state index is 5.27. The summed E-state index contributed by atoms with van der Waals surface area (Å²) in [7, 11) is 0. The highest BCUT2D eigenvalue weighted by Crippen LogP contribution is 2.17. The lowest BCUT2D eigenvalue weighted by atomic mass is 10.4. The van der Waals surface area contributed by atoms with Crippen LogP contribution in [0.4, 0.5) is 0 Å². The summed E-state index contributed by atoms with van der Waals surface area (Å²) in [6.07, 6.45) is 0. The van der Waals surface area contributed by atoms with Gasteiger partial charge in [0.25, 0.3) is 0 Å². The highest BCUT2D eigenvalue weighted by molar-refractivity contribution is 7.99. The van der Waals surface area contributed by atoms with E-state index in [1.165, 1.54) is 4.90 Å². The van der Waals surface area contributed by atoms with Crippen LogP contribution in [-0.2, 0) is 4.74 Å². The standard InChI is InChI=1S/C9H12OS2/c1-8(11)10-7-12-9-5-3-2-4-6-9/h2-6,8,11H,7H2,1H3. The van der Waals surface area contributed by atoms with Crippen molar-refractivity contribution in [3.8, 4) is 0 Å². The second-order valence-electron chi connectivity index (χ2n) is 2.34. The average Bonchev–Trinajstić information content (AvgIpc) is 2.05. The van der Waals surface area contributed by atoms with Crippen LogP contribution in [0.2, 0.25) is 0 Å². The third kappa shape index (κ3) is 4.04. The van der Waals surface area contributed by atoms with Crippen molar-refractivity contribution in [2.45, 2.75) is 17.3 Å². The second-order valence-corrected chi connectivity index (χ2v) is 4.06. The van der Waals surface area contributed by atoms with Gasteiger partial charge in [0.1, 0.15) is 0 Å². The summed E-state index contributed by atoms with van der Waals surface area (Å²) in [6, 6.07) is 10.2. The molecule has 12 heavy (non-hydrogen) atoms. The first-order chi connectivity index (χ1) is 5.79. The fraction of sp³-hybridized carbons (Fsp3) is 0.333. The molecule has 0 bridgehead atoms. The van der Waals surface area contributed by atoms with Crippen LogP contribution in [0.3, 0.4) is 0 Å². The van der Waals surface area contributed by atoms with Crippen molar-refractivity contribution in [2.24, 2.45) is 0 Å². The zero-order valence-corrected chi connectivity index (χ0v) is 8.65. The summed E-state index contributed by atoms with van der Waals surface area (Å²) in [4.78, 5) is 1.23. The van der Waals surface area contributed by atoms with Gasteiger partial charge in [-0.15, -0.1) is 12.6 Å². The van der Waals surface area contributed by atoms with E-state index in [1.807, 2.05) is 25.1 Å². The number of hydrogen-bond acceptors (Lipinski definition) is 3. The van der Waals surface area contributed by atoms with Crippen molar-refractivity contribution < 1.29 is 4.74 Å². The monoisotopic (exact) mass is 200 g/mol. The van der Waals surface area contributed by atoms with E-state index in [2.05, 4.69) is 24.8 Å². The van der Waals surface area contributed by atoms with Gasteiger partial charge in [-0.3, -0.25) is 0 Å². The Kier molecular flexibility index (Phi) is 4.58. The number of ether oxygens (including phenoxy) is 1. The SMILES string of the molecule is CC(S)OCSc1ccccc1. The normalized spacial score (nSPS) is 12.8. The molecule has 0 amide bonds. The Labute approximate surface area is 82.9 Å². The van der Waals surface area contributed by atoms with Crippen LogP contribution in [0.25, 0.3) is 0 Å². The topological polar surface area (TPSA) is 9.23 Å². The van der Waals surface area contributed by atoms with Crippen molar-refractivity contribution in [1.29, 1.82) is 0 Å². The Bertz CT molecular complexity index is 211. The molecule has 0 heterocycles.